The van der Waals surface area contributed by atoms with Crippen molar-refractivity contribution in [3.8, 4) is 12.3 Å². The third-order valence-corrected chi connectivity index (χ3v) is 2.29. The van der Waals surface area contributed by atoms with E-state index in [4.69, 9.17) is 11.2 Å². The van der Waals surface area contributed by atoms with Crippen molar-refractivity contribution in [3.63, 3.8) is 0 Å². The fourth-order valence-electron chi connectivity index (χ4n) is 1.51. The first kappa shape index (κ1) is 9.28. The fourth-order valence-corrected chi connectivity index (χ4v) is 1.51. The van der Waals surface area contributed by atoms with Gasteiger partial charge in [0.2, 0.25) is 0 Å². The Morgan fingerprint density at radius 2 is 2.42 bits per heavy atom. The highest BCUT2D eigenvalue weighted by Crippen LogP contribution is 2.27. The van der Waals surface area contributed by atoms with E-state index in [9.17, 15) is 4.79 Å². The highest BCUT2D eigenvalue weighted by Gasteiger charge is 2.31. The van der Waals surface area contributed by atoms with Crippen LogP contribution >= 0.6 is 0 Å². The molecule has 1 atom stereocenters. The largest absolute Gasteiger partial charge is 0.367 e. The molecule has 1 heterocycles. The Morgan fingerprint density at radius 3 is 2.92 bits per heavy atom. The van der Waals surface area contributed by atoms with Crippen LogP contribution in [0.25, 0.3) is 0 Å². The zero-order valence-electron chi connectivity index (χ0n) is 7.21. The van der Waals surface area contributed by atoms with E-state index in [1.807, 2.05) is 0 Å². The molecule has 1 unspecified atom stereocenters. The third-order valence-electron chi connectivity index (χ3n) is 2.29. The molecule has 0 saturated carbocycles. The van der Waals surface area contributed by atoms with Gasteiger partial charge in [0.15, 0.2) is 6.29 Å². The minimum absolute atomic E-state index is 0.551. The van der Waals surface area contributed by atoms with Crippen LogP contribution < -0.4 is 0 Å². The van der Waals surface area contributed by atoms with Crippen LogP contribution in [0, 0.1) is 12.3 Å². The summed E-state index contributed by atoms with van der Waals surface area (Å²) in [5.41, 5.74) is -0.551. The quantitative estimate of drug-likeness (QED) is 0.469. The molecule has 0 N–H and O–H groups in total. The lowest BCUT2D eigenvalue weighted by Gasteiger charge is -2.31. The molecule has 1 aliphatic rings. The van der Waals surface area contributed by atoms with Gasteiger partial charge in [0, 0.05) is 13.0 Å². The summed E-state index contributed by atoms with van der Waals surface area (Å²) < 4.78 is 5.45. The van der Waals surface area contributed by atoms with Crippen molar-refractivity contribution in [3.05, 3.63) is 0 Å². The van der Waals surface area contributed by atoms with Crippen LogP contribution in [0.4, 0.5) is 0 Å². The molecule has 2 heteroatoms. The van der Waals surface area contributed by atoms with Crippen molar-refractivity contribution in [2.75, 3.05) is 6.61 Å². The molecule has 0 aromatic rings. The van der Waals surface area contributed by atoms with Crippen LogP contribution in [-0.2, 0) is 9.53 Å². The zero-order chi connectivity index (χ0) is 8.86. The van der Waals surface area contributed by atoms with Gasteiger partial charge < -0.3 is 9.53 Å². The van der Waals surface area contributed by atoms with E-state index in [0.717, 1.165) is 25.5 Å². The van der Waals surface area contributed by atoms with Gasteiger partial charge in [0.1, 0.15) is 5.60 Å². The van der Waals surface area contributed by atoms with Gasteiger partial charge in [-0.3, -0.25) is 0 Å². The summed E-state index contributed by atoms with van der Waals surface area (Å²) in [6.45, 7) is 0.698. The number of ether oxygens (including phenoxy) is 1. The lowest BCUT2D eigenvalue weighted by molar-refractivity contribution is -0.138. The Hall–Kier alpha value is -0.810. The molecule has 0 aliphatic carbocycles. The van der Waals surface area contributed by atoms with Gasteiger partial charge in [-0.2, -0.15) is 0 Å². The van der Waals surface area contributed by atoms with Crippen molar-refractivity contribution in [2.45, 2.75) is 37.7 Å². The fraction of sp³-hybridized carbons (Fsp3) is 0.700. The van der Waals surface area contributed by atoms with Crippen molar-refractivity contribution in [1.29, 1.82) is 0 Å². The van der Waals surface area contributed by atoms with Crippen molar-refractivity contribution >= 4 is 6.29 Å². The summed E-state index contributed by atoms with van der Waals surface area (Å²) in [6, 6.07) is 0. The summed E-state index contributed by atoms with van der Waals surface area (Å²) in [6.07, 6.45) is 10.3. The topological polar surface area (TPSA) is 26.3 Å². The molecule has 12 heavy (non-hydrogen) atoms. The van der Waals surface area contributed by atoms with Gasteiger partial charge in [-0.05, 0) is 25.7 Å². The van der Waals surface area contributed by atoms with Gasteiger partial charge in [0.05, 0.1) is 0 Å². The van der Waals surface area contributed by atoms with Gasteiger partial charge in [-0.25, -0.2) is 0 Å². The van der Waals surface area contributed by atoms with E-state index in [2.05, 4.69) is 5.92 Å². The second-order valence-corrected chi connectivity index (χ2v) is 3.19. The molecule has 66 valence electrons. The van der Waals surface area contributed by atoms with Crippen LogP contribution in [-0.4, -0.2) is 18.5 Å². The van der Waals surface area contributed by atoms with E-state index in [0.29, 0.717) is 19.4 Å². The van der Waals surface area contributed by atoms with Gasteiger partial charge in [-0.1, -0.05) is 0 Å². The SMILES string of the molecule is C#CCCC1(C=O)CCCCO1. The Labute approximate surface area is 73.3 Å². The van der Waals surface area contributed by atoms with Crippen LogP contribution in [0.2, 0.25) is 0 Å². The summed E-state index contributed by atoms with van der Waals surface area (Å²) >= 11 is 0. The molecular formula is C10H14O2. The summed E-state index contributed by atoms with van der Waals surface area (Å²) in [7, 11) is 0. The van der Waals surface area contributed by atoms with Crippen LogP contribution in [0.15, 0.2) is 0 Å². The highest BCUT2D eigenvalue weighted by atomic mass is 16.5. The summed E-state index contributed by atoms with van der Waals surface area (Å²) in [5, 5.41) is 0. The smallest absolute Gasteiger partial charge is 0.151 e. The molecular weight excluding hydrogens is 152 g/mol. The number of carbonyl (C=O) groups excluding carboxylic acids is 1. The average molecular weight is 166 g/mol. The van der Waals surface area contributed by atoms with Crippen LogP contribution in [0.5, 0.6) is 0 Å². The monoisotopic (exact) mass is 166 g/mol. The zero-order valence-corrected chi connectivity index (χ0v) is 7.21. The first-order valence-corrected chi connectivity index (χ1v) is 4.37. The van der Waals surface area contributed by atoms with E-state index in [-0.39, 0.29) is 0 Å². The lowest BCUT2D eigenvalue weighted by Crippen LogP contribution is -2.37. The normalized spacial score (nSPS) is 29.2. The van der Waals surface area contributed by atoms with Gasteiger partial charge in [0.25, 0.3) is 0 Å². The molecule has 0 aromatic heterocycles. The third kappa shape index (κ3) is 2.09. The number of aldehydes is 1. The predicted octanol–water partition coefficient (Wildman–Crippen LogP) is 1.54. The molecule has 1 aliphatic heterocycles. The van der Waals surface area contributed by atoms with E-state index in [1.165, 1.54) is 0 Å². The molecule has 0 radical (unpaired) electrons. The summed E-state index contributed by atoms with van der Waals surface area (Å²) in [4.78, 5) is 10.8. The minimum atomic E-state index is -0.551. The second kappa shape index (κ2) is 4.27. The lowest BCUT2D eigenvalue weighted by atomic mass is 9.91. The molecule has 1 saturated heterocycles. The summed E-state index contributed by atoms with van der Waals surface area (Å²) in [5.74, 6) is 2.54. The molecule has 0 amide bonds. The van der Waals surface area contributed by atoms with E-state index < -0.39 is 5.60 Å². The Kier molecular flexibility index (Phi) is 3.31. The average Bonchev–Trinajstić information content (AvgIpc) is 2.16. The Morgan fingerprint density at radius 1 is 1.58 bits per heavy atom. The van der Waals surface area contributed by atoms with Crippen molar-refractivity contribution < 1.29 is 9.53 Å². The second-order valence-electron chi connectivity index (χ2n) is 3.19. The number of hydrogen-bond acceptors (Lipinski definition) is 2. The van der Waals surface area contributed by atoms with Gasteiger partial charge >= 0.3 is 0 Å². The van der Waals surface area contributed by atoms with E-state index >= 15 is 0 Å². The van der Waals surface area contributed by atoms with Crippen molar-refractivity contribution in [1.82, 2.24) is 0 Å². The first-order valence-electron chi connectivity index (χ1n) is 4.37. The predicted molar refractivity (Wildman–Crippen MR) is 46.7 cm³/mol. The molecule has 0 bridgehead atoms. The van der Waals surface area contributed by atoms with Crippen LogP contribution in [0.1, 0.15) is 32.1 Å². The maximum Gasteiger partial charge on any atom is 0.151 e. The molecule has 1 fully saturated rings. The highest BCUT2D eigenvalue weighted by molar-refractivity contribution is 5.62. The Bertz CT molecular complexity index is 185. The van der Waals surface area contributed by atoms with Gasteiger partial charge in [-0.15, -0.1) is 12.3 Å². The first-order chi connectivity index (χ1) is 5.83. The van der Waals surface area contributed by atoms with Crippen LogP contribution in [0.3, 0.4) is 0 Å². The number of terminal acetylenes is 1. The maximum absolute atomic E-state index is 10.8. The Balaban J connectivity index is 2.49. The van der Waals surface area contributed by atoms with E-state index in [1.54, 1.807) is 0 Å². The number of carbonyl (C=O) groups is 1. The molecule has 0 spiro atoms. The van der Waals surface area contributed by atoms with Crippen molar-refractivity contribution in [2.24, 2.45) is 0 Å². The molecule has 0 aromatic carbocycles. The standard InChI is InChI=1S/C10H14O2/c1-2-3-6-10(9-11)7-4-5-8-12-10/h1,9H,3-8H2. The number of rotatable bonds is 3. The maximum atomic E-state index is 10.8. The molecule has 1 rings (SSSR count). The minimum Gasteiger partial charge on any atom is -0.367 e. The number of hydrogen-bond donors (Lipinski definition) is 0. The molecule has 2 nitrogen and oxygen atoms in total.